The number of carbonyl (C=O) groups is 1. The van der Waals surface area contributed by atoms with Crippen molar-refractivity contribution in [2.45, 2.75) is 46.1 Å². The quantitative estimate of drug-likeness (QED) is 0.276. The van der Waals surface area contributed by atoms with E-state index in [2.05, 4.69) is 64.0 Å². The third kappa shape index (κ3) is 8.24. The number of rotatable bonds is 9. The van der Waals surface area contributed by atoms with Crippen molar-refractivity contribution in [3.63, 3.8) is 0 Å². The summed E-state index contributed by atoms with van der Waals surface area (Å²) < 4.78 is 0. The Morgan fingerprint density at radius 2 is 2.00 bits per heavy atom. The SMILES string of the molecule is CCCCC(CC)CNC(=NC)NCc1ccc(N2CCNC(=O)C2)cc1.I. The van der Waals surface area contributed by atoms with Gasteiger partial charge in [-0.1, -0.05) is 45.2 Å². The first-order chi connectivity index (χ1) is 13.2. The molecule has 0 bridgehead atoms. The minimum absolute atomic E-state index is 0. The normalized spacial score (nSPS) is 15.5. The van der Waals surface area contributed by atoms with Crippen molar-refractivity contribution < 1.29 is 4.79 Å². The van der Waals surface area contributed by atoms with Gasteiger partial charge in [0.1, 0.15) is 0 Å². The smallest absolute Gasteiger partial charge is 0.239 e. The van der Waals surface area contributed by atoms with E-state index in [0.29, 0.717) is 19.0 Å². The molecule has 1 heterocycles. The van der Waals surface area contributed by atoms with E-state index in [9.17, 15) is 4.79 Å². The number of amides is 1. The molecule has 0 aliphatic carbocycles. The number of piperazine rings is 1. The van der Waals surface area contributed by atoms with Crippen LogP contribution in [0.4, 0.5) is 5.69 Å². The van der Waals surface area contributed by atoms with Crippen LogP contribution in [0.2, 0.25) is 0 Å². The van der Waals surface area contributed by atoms with Crippen LogP contribution in [0.5, 0.6) is 0 Å². The number of guanidine groups is 1. The van der Waals surface area contributed by atoms with Gasteiger partial charge in [-0.3, -0.25) is 9.79 Å². The van der Waals surface area contributed by atoms with Gasteiger partial charge in [-0.05, 0) is 30.0 Å². The molecule has 6 nitrogen and oxygen atoms in total. The van der Waals surface area contributed by atoms with Gasteiger partial charge in [0.2, 0.25) is 5.91 Å². The number of nitrogens with zero attached hydrogens (tertiary/aromatic N) is 2. The second-order valence-electron chi connectivity index (χ2n) is 7.16. The van der Waals surface area contributed by atoms with E-state index >= 15 is 0 Å². The molecule has 0 spiro atoms. The highest BCUT2D eigenvalue weighted by molar-refractivity contribution is 14.0. The maximum Gasteiger partial charge on any atom is 0.239 e. The summed E-state index contributed by atoms with van der Waals surface area (Å²) in [6, 6.07) is 8.39. The predicted molar refractivity (Wildman–Crippen MR) is 129 cm³/mol. The molecule has 0 aromatic heterocycles. The molecule has 0 saturated carbocycles. The molecule has 1 aromatic carbocycles. The van der Waals surface area contributed by atoms with Crippen LogP contribution in [0.1, 0.15) is 45.1 Å². The molecule has 1 atom stereocenters. The third-order valence-corrected chi connectivity index (χ3v) is 5.12. The number of hydrogen-bond donors (Lipinski definition) is 3. The van der Waals surface area contributed by atoms with Crippen molar-refractivity contribution in [2.24, 2.45) is 10.9 Å². The first-order valence-corrected chi connectivity index (χ1v) is 10.2. The Morgan fingerprint density at radius 3 is 2.61 bits per heavy atom. The maximum absolute atomic E-state index is 11.5. The number of unbranched alkanes of at least 4 members (excludes halogenated alkanes) is 1. The number of anilines is 1. The fourth-order valence-electron chi connectivity index (χ4n) is 3.27. The van der Waals surface area contributed by atoms with Gasteiger partial charge in [0.05, 0.1) is 6.54 Å². The number of aliphatic imine (C=N–C) groups is 1. The molecule has 158 valence electrons. The molecule has 7 heteroatoms. The van der Waals surface area contributed by atoms with Crippen LogP contribution >= 0.6 is 24.0 Å². The largest absolute Gasteiger partial charge is 0.360 e. The van der Waals surface area contributed by atoms with Crippen molar-refractivity contribution in [3.8, 4) is 0 Å². The van der Waals surface area contributed by atoms with E-state index in [1.54, 1.807) is 0 Å². The number of halogens is 1. The van der Waals surface area contributed by atoms with E-state index in [4.69, 9.17) is 0 Å². The van der Waals surface area contributed by atoms with Crippen LogP contribution in [-0.4, -0.2) is 45.1 Å². The highest BCUT2D eigenvalue weighted by Gasteiger charge is 2.16. The van der Waals surface area contributed by atoms with Crippen LogP contribution in [-0.2, 0) is 11.3 Å². The average molecular weight is 501 g/mol. The van der Waals surface area contributed by atoms with Crippen molar-refractivity contribution >= 4 is 41.5 Å². The lowest BCUT2D eigenvalue weighted by Gasteiger charge is -2.28. The van der Waals surface area contributed by atoms with Gasteiger partial charge in [0.25, 0.3) is 0 Å². The topological polar surface area (TPSA) is 68.8 Å². The summed E-state index contributed by atoms with van der Waals surface area (Å²) in [7, 11) is 1.81. The number of hydrogen-bond acceptors (Lipinski definition) is 3. The lowest BCUT2D eigenvalue weighted by Crippen LogP contribution is -2.47. The van der Waals surface area contributed by atoms with Crippen molar-refractivity contribution in [3.05, 3.63) is 29.8 Å². The van der Waals surface area contributed by atoms with Crippen LogP contribution in [0, 0.1) is 5.92 Å². The molecule has 1 aromatic rings. The summed E-state index contributed by atoms with van der Waals surface area (Å²) in [6.45, 7) is 8.19. The summed E-state index contributed by atoms with van der Waals surface area (Å²) in [5.74, 6) is 1.64. The zero-order valence-electron chi connectivity index (χ0n) is 17.5. The Kier molecular flexibility index (Phi) is 11.9. The van der Waals surface area contributed by atoms with E-state index in [1.165, 1.54) is 31.2 Å². The van der Waals surface area contributed by atoms with Gasteiger partial charge in [-0.15, -0.1) is 24.0 Å². The summed E-state index contributed by atoms with van der Waals surface area (Å²) in [5.41, 5.74) is 2.29. The fraction of sp³-hybridized carbons (Fsp3) is 0.619. The minimum atomic E-state index is 0. The first-order valence-electron chi connectivity index (χ1n) is 10.2. The maximum atomic E-state index is 11.5. The highest BCUT2D eigenvalue weighted by atomic mass is 127. The monoisotopic (exact) mass is 501 g/mol. The Morgan fingerprint density at radius 1 is 1.25 bits per heavy atom. The molecule has 1 aliphatic heterocycles. The lowest BCUT2D eigenvalue weighted by molar-refractivity contribution is -0.120. The summed E-state index contributed by atoms with van der Waals surface area (Å²) in [5, 5.41) is 9.70. The zero-order chi connectivity index (χ0) is 19.5. The standard InChI is InChI=1S/C21H35N5O.HI/c1-4-6-7-17(5-2)14-24-21(22-3)25-15-18-8-10-19(11-9-18)26-13-12-23-20(27)16-26;/h8-11,17H,4-7,12-16H2,1-3H3,(H,23,27)(H2,22,24,25);1H. The fourth-order valence-corrected chi connectivity index (χ4v) is 3.27. The van der Waals surface area contributed by atoms with Gasteiger partial charge in [-0.2, -0.15) is 0 Å². The van der Waals surface area contributed by atoms with E-state index < -0.39 is 0 Å². The Bertz CT molecular complexity index is 605. The molecular formula is C21H36IN5O. The number of benzene rings is 1. The Labute approximate surface area is 187 Å². The summed E-state index contributed by atoms with van der Waals surface area (Å²) in [4.78, 5) is 18.0. The van der Waals surface area contributed by atoms with Crippen LogP contribution in [0.3, 0.4) is 0 Å². The van der Waals surface area contributed by atoms with Gasteiger partial charge in [-0.25, -0.2) is 0 Å². The zero-order valence-corrected chi connectivity index (χ0v) is 19.8. The van der Waals surface area contributed by atoms with Crippen molar-refractivity contribution in [2.75, 3.05) is 38.1 Å². The molecule has 1 saturated heterocycles. The van der Waals surface area contributed by atoms with Gasteiger partial charge in [0, 0.05) is 38.9 Å². The second kappa shape index (κ2) is 13.6. The van der Waals surface area contributed by atoms with E-state index in [0.717, 1.165) is 31.3 Å². The van der Waals surface area contributed by atoms with Crippen molar-refractivity contribution in [1.82, 2.24) is 16.0 Å². The third-order valence-electron chi connectivity index (χ3n) is 5.12. The Balaban J connectivity index is 0.00000392. The first kappa shape index (κ1) is 24.5. The second-order valence-corrected chi connectivity index (χ2v) is 7.16. The molecule has 1 fully saturated rings. The highest BCUT2D eigenvalue weighted by Crippen LogP contribution is 2.16. The molecule has 28 heavy (non-hydrogen) atoms. The molecule has 2 rings (SSSR count). The summed E-state index contributed by atoms with van der Waals surface area (Å²) >= 11 is 0. The van der Waals surface area contributed by atoms with Gasteiger partial charge < -0.3 is 20.9 Å². The molecule has 1 unspecified atom stereocenters. The van der Waals surface area contributed by atoms with E-state index in [-0.39, 0.29) is 29.9 Å². The van der Waals surface area contributed by atoms with Crippen LogP contribution in [0.25, 0.3) is 0 Å². The number of nitrogens with one attached hydrogen (secondary N) is 3. The molecule has 1 amide bonds. The molecule has 1 aliphatic rings. The average Bonchev–Trinajstić information content (AvgIpc) is 2.70. The Hall–Kier alpha value is -1.51. The molecule has 3 N–H and O–H groups in total. The van der Waals surface area contributed by atoms with E-state index in [1.807, 2.05) is 7.05 Å². The lowest BCUT2D eigenvalue weighted by atomic mass is 9.99. The molecular weight excluding hydrogens is 465 g/mol. The minimum Gasteiger partial charge on any atom is -0.360 e. The van der Waals surface area contributed by atoms with Crippen LogP contribution in [0.15, 0.2) is 29.3 Å². The molecule has 0 radical (unpaired) electrons. The van der Waals surface area contributed by atoms with Crippen LogP contribution < -0.4 is 20.9 Å². The van der Waals surface area contributed by atoms with Gasteiger partial charge >= 0.3 is 0 Å². The van der Waals surface area contributed by atoms with Crippen molar-refractivity contribution in [1.29, 1.82) is 0 Å². The summed E-state index contributed by atoms with van der Waals surface area (Å²) in [6.07, 6.45) is 5.01. The predicted octanol–water partition coefficient (Wildman–Crippen LogP) is 3.12. The van der Waals surface area contributed by atoms with Gasteiger partial charge in [0.15, 0.2) is 5.96 Å². The number of carbonyl (C=O) groups excluding carboxylic acids is 1.